The molecule has 0 unspecified atom stereocenters. The van der Waals surface area contributed by atoms with E-state index in [2.05, 4.69) is 14.6 Å². The number of carbonyl (C=O) groups excluding carboxylic acids is 1. The molecule has 0 amide bonds. The molecule has 3 aromatic rings. The molecule has 0 saturated carbocycles. The molecule has 0 aliphatic carbocycles. The van der Waals surface area contributed by atoms with Crippen LogP contribution >= 0.6 is 11.5 Å². The molecule has 0 fully saturated rings. The van der Waals surface area contributed by atoms with Crippen LogP contribution in [0.5, 0.6) is 0 Å². The van der Waals surface area contributed by atoms with Gasteiger partial charge in [0.1, 0.15) is 4.88 Å². The summed E-state index contributed by atoms with van der Waals surface area (Å²) >= 11 is 1.13. The Balaban J connectivity index is 2.21. The van der Waals surface area contributed by atoms with Crippen molar-refractivity contribution in [2.24, 2.45) is 0 Å². The number of hydrogen-bond donors (Lipinski definition) is 0. The number of ketones is 1. The average Bonchev–Trinajstić information content (AvgIpc) is 2.83. The quantitative estimate of drug-likeness (QED) is 0.660. The highest BCUT2D eigenvalue weighted by Crippen LogP contribution is 2.22. The van der Waals surface area contributed by atoms with Gasteiger partial charge in [-0.25, -0.2) is 0 Å². The van der Waals surface area contributed by atoms with E-state index in [0.29, 0.717) is 16.1 Å². The van der Waals surface area contributed by atoms with Crippen molar-refractivity contribution < 1.29 is 4.79 Å². The number of fused-ring (bicyclic) bond motifs is 1. The molecule has 0 N–H and O–H groups in total. The van der Waals surface area contributed by atoms with Crippen LogP contribution in [0.2, 0.25) is 0 Å². The molecule has 4 nitrogen and oxygen atoms in total. The molecule has 0 aliphatic rings. The number of hydrogen-bond acceptors (Lipinski definition) is 5. The maximum absolute atomic E-state index is 12.5. The van der Waals surface area contributed by atoms with Crippen molar-refractivity contribution in [3.8, 4) is 0 Å². The van der Waals surface area contributed by atoms with Gasteiger partial charge in [-0.15, -0.1) is 5.10 Å². The smallest absolute Gasteiger partial charge is 0.207 e. The third kappa shape index (κ3) is 1.69. The Kier molecular flexibility index (Phi) is 2.60. The van der Waals surface area contributed by atoms with Gasteiger partial charge in [-0.2, -0.15) is 0 Å². The first-order valence-corrected chi connectivity index (χ1v) is 6.21. The van der Waals surface area contributed by atoms with Gasteiger partial charge in [-0.05, 0) is 29.9 Å². The van der Waals surface area contributed by atoms with Crippen molar-refractivity contribution in [3.05, 3.63) is 52.8 Å². The lowest BCUT2D eigenvalue weighted by Crippen LogP contribution is -2.01. The summed E-state index contributed by atoms with van der Waals surface area (Å²) in [5.74, 6) is -0.0284. The number of pyridine rings is 1. The number of aromatic nitrogens is 3. The zero-order valence-corrected chi connectivity index (χ0v) is 10.4. The van der Waals surface area contributed by atoms with Crippen LogP contribution in [0, 0.1) is 6.92 Å². The Morgan fingerprint density at radius 2 is 2.17 bits per heavy atom. The van der Waals surface area contributed by atoms with Gasteiger partial charge >= 0.3 is 0 Å². The van der Waals surface area contributed by atoms with Crippen LogP contribution in [0.1, 0.15) is 20.9 Å². The molecule has 0 aliphatic heterocycles. The van der Waals surface area contributed by atoms with E-state index in [1.807, 2.05) is 24.3 Å². The monoisotopic (exact) mass is 255 g/mol. The van der Waals surface area contributed by atoms with Gasteiger partial charge in [0.2, 0.25) is 5.78 Å². The molecule has 0 spiro atoms. The first-order chi connectivity index (χ1) is 8.77. The molecule has 1 aromatic carbocycles. The predicted molar refractivity (Wildman–Crippen MR) is 69.8 cm³/mol. The van der Waals surface area contributed by atoms with Crippen molar-refractivity contribution in [1.82, 2.24) is 14.6 Å². The highest BCUT2D eigenvalue weighted by atomic mass is 32.1. The summed E-state index contributed by atoms with van der Waals surface area (Å²) in [5.41, 5.74) is 1.35. The molecular weight excluding hydrogens is 246 g/mol. The Morgan fingerprint density at radius 1 is 1.28 bits per heavy atom. The molecule has 0 bridgehead atoms. The number of carbonyl (C=O) groups is 1. The van der Waals surface area contributed by atoms with Crippen molar-refractivity contribution in [3.63, 3.8) is 0 Å². The molecule has 0 saturated heterocycles. The molecule has 5 heteroatoms. The van der Waals surface area contributed by atoms with Crippen LogP contribution in [-0.4, -0.2) is 20.4 Å². The fourth-order valence-corrected chi connectivity index (χ4v) is 2.49. The normalized spacial score (nSPS) is 10.7. The van der Waals surface area contributed by atoms with E-state index in [9.17, 15) is 4.79 Å². The largest absolute Gasteiger partial charge is 0.288 e. The van der Waals surface area contributed by atoms with E-state index in [0.717, 1.165) is 22.3 Å². The maximum atomic E-state index is 12.5. The highest BCUT2D eigenvalue weighted by molar-refractivity contribution is 7.08. The molecule has 0 atom stereocenters. The Labute approximate surface area is 107 Å². The van der Waals surface area contributed by atoms with Crippen LogP contribution in [0.25, 0.3) is 10.8 Å². The molecular formula is C13H9N3OS. The van der Waals surface area contributed by atoms with E-state index in [4.69, 9.17) is 0 Å². The molecule has 88 valence electrons. The Hall–Kier alpha value is -2.14. The number of aryl methyl sites for hydroxylation is 1. The van der Waals surface area contributed by atoms with Crippen molar-refractivity contribution in [2.75, 3.05) is 0 Å². The molecule has 2 aromatic heterocycles. The third-order valence-electron chi connectivity index (χ3n) is 2.78. The predicted octanol–water partition coefficient (Wildman–Crippen LogP) is 2.63. The Bertz CT molecular complexity index is 730. The van der Waals surface area contributed by atoms with Gasteiger partial charge in [-0.3, -0.25) is 9.78 Å². The van der Waals surface area contributed by atoms with E-state index in [-0.39, 0.29) is 5.78 Å². The molecule has 2 heterocycles. The summed E-state index contributed by atoms with van der Waals surface area (Å²) in [4.78, 5) is 17.1. The number of benzene rings is 1. The van der Waals surface area contributed by atoms with Crippen molar-refractivity contribution >= 4 is 28.1 Å². The van der Waals surface area contributed by atoms with Crippen molar-refractivity contribution in [2.45, 2.75) is 6.92 Å². The number of rotatable bonds is 2. The minimum Gasteiger partial charge on any atom is -0.288 e. The van der Waals surface area contributed by atoms with Gasteiger partial charge in [-0.1, -0.05) is 22.7 Å². The van der Waals surface area contributed by atoms with Crippen LogP contribution in [-0.2, 0) is 0 Å². The van der Waals surface area contributed by atoms with Crippen LogP contribution in [0.15, 0.2) is 36.7 Å². The summed E-state index contributed by atoms with van der Waals surface area (Å²) in [5, 5.41) is 5.74. The van der Waals surface area contributed by atoms with Gasteiger partial charge in [0, 0.05) is 23.3 Å². The van der Waals surface area contributed by atoms with Gasteiger partial charge < -0.3 is 0 Å². The first kappa shape index (κ1) is 11.0. The summed E-state index contributed by atoms with van der Waals surface area (Å²) in [6.07, 6.45) is 3.45. The summed E-state index contributed by atoms with van der Waals surface area (Å²) in [7, 11) is 0. The minimum absolute atomic E-state index is 0.0284. The van der Waals surface area contributed by atoms with Crippen LogP contribution in [0.4, 0.5) is 0 Å². The molecule has 0 radical (unpaired) electrons. The fourth-order valence-electron chi connectivity index (χ4n) is 1.88. The summed E-state index contributed by atoms with van der Waals surface area (Å²) < 4.78 is 3.81. The summed E-state index contributed by atoms with van der Waals surface area (Å²) in [6.45, 7) is 1.80. The molecule has 3 rings (SSSR count). The third-order valence-corrected chi connectivity index (χ3v) is 3.61. The summed E-state index contributed by atoms with van der Waals surface area (Å²) in [6, 6.07) is 7.48. The first-order valence-electron chi connectivity index (χ1n) is 5.44. The lowest BCUT2D eigenvalue weighted by Gasteiger charge is -2.03. The lowest BCUT2D eigenvalue weighted by molar-refractivity contribution is 0.104. The van der Waals surface area contributed by atoms with E-state index in [1.165, 1.54) is 0 Å². The second-order valence-electron chi connectivity index (χ2n) is 3.92. The van der Waals surface area contributed by atoms with E-state index < -0.39 is 0 Å². The Morgan fingerprint density at radius 3 is 2.94 bits per heavy atom. The van der Waals surface area contributed by atoms with E-state index >= 15 is 0 Å². The lowest BCUT2D eigenvalue weighted by atomic mass is 10.0. The average molecular weight is 255 g/mol. The van der Waals surface area contributed by atoms with Crippen LogP contribution < -0.4 is 0 Å². The zero-order valence-electron chi connectivity index (χ0n) is 9.62. The second-order valence-corrected chi connectivity index (χ2v) is 4.67. The van der Waals surface area contributed by atoms with Crippen LogP contribution in [0.3, 0.4) is 0 Å². The van der Waals surface area contributed by atoms with Gasteiger partial charge in [0.05, 0.1) is 5.69 Å². The standard InChI is InChI=1S/C13H9N3OS/c1-8-13(18-16-15-8)12(17)11-4-2-3-9-7-14-6-5-10(9)11/h2-7H,1H3. The second kappa shape index (κ2) is 4.27. The number of nitrogens with zero attached hydrogens (tertiary/aromatic N) is 3. The zero-order chi connectivity index (χ0) is 12.5. The fraction of sp³-hybridized carbons (Fsp3) is 0.0769. The van der Waals surface area contributed by atoms with Crippen molar-refractivity contribution in [1.29, 1.82) is 0 Å². The minimum atomic E-state index is -0.0284. The van der Waals surface area contributed by atoms with E-state index in [1.54, 1.807) is 19.3 Å². The molecule has 18 heavy (non-hydrogen) atoms. The van der Waals surface area contributed by atoms with Gasteiger partial charge in [0.15, 0.2) is 0 Å². The van der Waals surface area contributed by atoms with Gasteiger partial charge in [0.25, 0.3) is 0 Å². The topological polar surface area (TPSA) is 55.7 Å². The highest BCUT2D eigenvalue weighted by Gasteiger charge is 2.17. The maximum Gasteiger partial charge on any atom is 0.207 e. The SMILES string of the molecule is Cc1nnsc1C(=O)c1cccc2cnccc12.